The average molecular weight is 320 g/mol. The first-order valence-corrected chi connectivity index (χ1v) is 7.56. The maximum atomic E-state index is 11.9. The molecular formula is C20H16O4. The molecule has 0 aliphatic rings. The second-order valence-corrected chi connectivity index (χ2v) is 5.45. The van der Waals surface area contributed by atoms with Crippen molar-refractivity contribution in [2.24, 2.45) is 0 Å². The Kier molecular flexibility index (Phi) is 4.51. The second-order valence-electron chi connectivity index (χ2n) is 5.45. The van der Waals surface area contributed by atoms with Crippen LogP contribution in [0.25, 0.3) is 21.9 Å². The quantitative estimate of drug-likeness (QED) is 0.709. The van der Waals surface area contributed by atoms with Gasteiger partial charge in [-0.05, 0) is 21.9 Å². The monoisotopic (exact) mass is 320 g/mol. The lowest BCUT2D eigenvalue weighted by atomic mass is 9.94. The highest BCUT2D eigenvalue weighted by atomic mass is 16.3. The van der Waals surface area contributed by atoms with Crippen LogP contribution in [0.4, 0.5) is 0 Å². The van der Waals surface area contributed by atoms with E-state index in [-0.39, 0.29) is 11.6 Å². The van der Waals surface area contributed by atoms with Crippen LogP contribution in [-0.4, -0.2) is 35.0 Å². The molecule has 4 nitrogen and oxygen atoms in total. The molecule has 0 saturated carbocycles. The number of Topliss-reactive ketones (excluding diaryl/α,β-unsaturated/α-hetero) is 2. The minimum Gasteiger partial charge on any atom is -0.388 e. The Balaban J connectivity index is 2.13. The number of rotatable bonds is 5. The zero-order valence-electron chi connectivity index (χ0n) is 12.9. The van der Waals surface area contributed by atoms with Crippen LogP contribution in [0.2, 0.25) is 0 Å². The van der Waals surface area contributed by atoms with Crippen LogP contribution in [-0.2, 0) is 0 Å². The van der Waals surface area contributed by atoms with E-state index in [4.69, 9.17) is 10.2 Å². The Bertz CT molecular complexity index is 911. The van der Waals surface area contributed by atoms with Crippen LogP contribution in [0.15, 0.2) is 60.7 Å². The number of fused-ring (bicyclic) bond motifs is 1. The number of hydrogen-bond donors (Lipinski definition) is 2. The molecule has 3 aromatic rings. The second kappa shape index (κ2) is 6.74. The van der Waals surface area contributed by atoms with E-state index >= 15 is 0 Å². The van der Waals surface area contributed by atoms with Gasteiger partial charge in [0, 0.05) is 11.1 Å². The summed E-state index contributed by atoms with van der Waals surface area (Å²) in [5, 5.41) is 19.7. The third-order valence-corrected chi connectivity index (χ3v) is 4.03. The van der Waals surface area contributed by atoms with Gasteiger partial charge in [-0.3, -0.25) is 9.59 Å². The van der Waals surface area contributed by atoms with Crippen molar-refractivity contribution in [1.82, 2.24) is 0 Å². The summed E-state index contributed by atoms with van der Waals surface area (Å²) in [4.78, 5) is 23.4. The van der Waals surface area contributed by atoms with Gasteiger partial charge in [0.2, 0.25) is 0 Å². The van der Waals surface area contributed by atoms with Crippen LogP contribution in [0.1, 0.15) is 20.7 Å². The first-order valence-electron chi connectivity index (χ1n) is 7.56. The fraction of sp³-hybridized carbons (Fsp3) is 0.100. The molecule has 0 atom stereocenters. The molecule has 3 aromatic carbocycles. The van der Waals surface area contributed by atoms with Crippen LogP contribution in [0, 0.1) is 0 Å². The van der Waals surface area contributed by atoms with Gasteiger partial charge in [0.15, 0.2) is 11.6 Å². The Labute approximate surface area is 139 Å². The standard InChI is InChI=1S/C20H16O4/c21-11-19(23)14-9-7-13(8-10-14)15-3-1-5-17-16(15)4-2-6-18(17)20(24)12-22/h1-10,21-22H,11-12H2. The SMILES string of the molecule is O=C(CO)c1ccc(-c2cccc3c(C(=O)CO)cccc23)cc1. The molecule has 0 spiro atoms. The smallest absolute Gasteiger partial charge is 0.188 e. The minimum atomic E-state index is -0.526. The summed E-state index contributed by atoms with van der Waals surface area (Å²) in [7, 11) is 0. The number of aliphatic hydroxyl groups excluding tert-OH is 2. The molecule has 0 unspecified atom stereocenters. The Hall–Kier alpha value is -2.82. The van der Waals surface area contributed by atoms with Crippen molar-refractivity contribution < 1.29 is 19.8 Å². The van der Waals surface area contributed by atoms with Crippen LogP contribution >= 0.6 is 0 Å². The van der Waals surface area contributed by atoms with Gasteiger partial charge in [-0.25, -0.2) is 0 Å². The Morgan fingerprint density at radius 3 is 2.00 bits per heavy atom. The summed E-state index contributed by atoms with van der Waals surface area (Å²) >= 11 is 0. The fourth-order valence-electron chi connectivity index (χ4n) is 2.82. The predicted octanol–water partition coefficient (Wildman–Crippen LogP) is 2.86. The van der Waals surface area contributed by atoms with Gasteiger partial charge in [-0.15, -0.1) is 0 Å². The lowest BCUT2D eigenvalue weighted by molar-refractivity contribution is 0.0898. The van der Waals surface area contributed by atoms with E-state index in [2.05, 4.69) is 0 Å². The van der Waals surface area contributed by atoms with Gasteiger partial charge in [0.1, 0.15) is 13.2 Å². The van der Waals surface area contributed by atoms with Crippen molar-refractivity contribution >= 4 is 22.3 Å². The van der Waals surface area contributed by atoms with E-state index < -0.39 is 13.2 Å². The number of carbonyl (C=O) groups excluding carboxylic acids is 2. The van der Waals surface area contributed by atoms with Crippen molar-refractivity contribution in [3.8, 4) is 11.1 Å². The first-order chi connectivity index (χ1) is 11.7. The molecule has 24 heavy (non-hydrogen) atoms. The maximum absolute atomic E-state index is 11.9. The van der Waals surface area contributed by atoms with Gasteiger partial charge in [0.25, 0.3) is 0 Å². The van der Waals surface area contributed by atoms with Crippen LogP contribution < -0.4 is 0 Å². The third-order valence-electron chi connectivity index (χ3n) is 4.03. The summed E-state index contributed by atoms with van der Waals surface area (Å²) in [6, 6.07) is 18.1. The van der Waals surface area contributed by atoms with E-state index in [1.165, 1.54) is 0 Å². The van der Waals surface area contributed by atoms with E-state index in [1.54, 1.807) is 24.3 Å². The zero-order chi connectivity index (χ0) is 17.1. The molecule has 0 fully saturated rings. The molecule has 120 valence electrons. The van der Waals surface area contributed by atoms with Crippen molar-refractivity contribution in [2.45, 2.75) is 0 Å². The number of benzene rings is 3. The first kappa shape index (κ1) is 16.1. The molecule has 0 amide bonds. The van der Waals surface area contributed by atoms with Crippen molar-refractivity contribution in [1.29, 1.82) is 0 Å². The number of hydrogen-bond acceptors (Lipinski definition) is 4. The van der Waals surface area contributed by atoms with Crippen molar-refractivity contribution in [3.05, 3.63) is 71.8 Å². The highest BCUT2D eigenvalue weighted by molar-refractivity contribution is 6.11. The molecule has 0 bridgehead atoms. The molecule has 0 radical (unpaired) electrons. The van der Waals surface area contributed by atoms with Gasteiger partial charge >= 0.3 is 0 Å². The predicted molar refractivity (Wildman–Crippen MR) is 92.2 cm³/mol. The number of aliphatic hydroxyl groups is 2. The zero-order valence-corrected chi connectivity index (χ0v) is 12.9. The van der Waals surface area contributed by atoms with Crippen molar-refractivity contribution in [2.75, 3.05) is 13.2 Å². The topological polar surface area (TPSA) is 74.6 Å². The number of ketones is 2. The highest BCUT2D eigenvalue weighted by Crippen LogP contribution is 2.30. The maximum Gasteiger partial charge on any atom is 0.188 e. The molecule has 0 aliphatic heterocycles. The normalized spacial score (nSPS) is 10.8. The molecule has 0 heterocycles. The largest absolute Gasteiger partial charge is 0.388 e. The van der Waals surface area contributed by atoms with E-state index in [0.29, 0.717) is 11.1 Å². The summed E-state index contributed by atoms with van der Waals surface area (Å²) < 4.78 is 0. The van der Waals surface area contributed by atoms with E-state index in [0.717, 1.165) is 21.9 Å². The van der Waals surface area contributed by atoms with Gasteiger partial charge in [-0.1, -0.05) is 60.7 Å². The van der Waals surface area contributed by atoms with Gasteiger partial charge in [0.05, 0.1) is 0 Å². The molecule has 0 aromatic heterocycles. The fourth-order valence-corrected chi connectivity index (χ4v) is 2.82. The minimum absolute atomic E-state index is 0.318. The average Bonchev–Trinajstić information content (AvgIpc) is 2.66. The summed E-state index contributed by atoms with van der Waals surface area (Å²) in [5.41, 5.74) is 2.79. The van der Waals surface area contributed by atoms with Crippen molar-refractivity contribution in [3.63, 3.8) is 0 Å². The van der Waals surface area contributed by atoms with E-state index in [9.17, 15) is 9.59 Å². The van der Waals surface area contributed by atoms with E-state index in [1.807, 2.05) is 36.4 Å². The van der Waals surface area contributed by atoms with Gasteiger partial charge in [-0.2, -0.15) is 0 Å². The Morgan fingerprint density at radius 2 is 1.33 bits per heavy atom. The lowest BCUT2D eigenvalue weighted by Crippen LogP contribution is -2.05. The molecule has 3 rings (SSSR count). The molecule has 2 N–H and O–H groups in total. The Morgan fingerprint density at radius 1 is 0.708 bits per heavy atom. The molecular weight excluding hydrogens is 304 g/mol. The van der Waals surface area contributed by atoms with Crippen LogP contribution in [0.3, 0.4) is 0 Å². The van der Waals surface area contributed by atoms with Crippen LogP contribution in [0.5, 0.6) is 0 Å². The highest BCUT2D eigenvalue weighted by Gasteiger charge is 2.12. The summed E-state index contributed by atoms with van der Waals surface area (Å²) in [6.45, 7) is -1.04. The summed E-state index contributed by atoms with van der Waals surface area (Å²) in [6.07, 6.45) is 0. The molecule has 0 aliphatic carbocycles. The molecule has 0 saturated heterocycles. The summed E-state index contributed by atoms with van der Waals surface area (Å²) in [5.74, 6) is -0.642. The third kappa shape index (κ3) is 2.85. The van der Waals surface area contributed by atoms with Gasteiger partial charge < -0.3 is 10.2 Å². The number of carbonyl (C=O) groups is 2. The molecule has 4 heteroatoms. The lowest BCUT2D eigenvalue weighted by Gasteiger charge is -2.10.